The average molecular weight is 409 g/mol. The molecule has 1 unspecified atom stereocenters. The smallest absolute Gasteiger partial charge is 0.230 e. The van der Waals surface area contributed by atoms with Gasteiger partial charge >= 0.3 is 0 Å². The van der Waals surface area contributed by atoms with Gasteiger partial charge in [-0.1, -0.05) is 42.4 Å². The van der Waals surface area contributed by atoms with E-state index in [1.54, 1.807) is 0 Å². The van der Waals surface area contributed by atoms with Crippen molar-refractivity contribution in [1.82, 2.24) is 20.1 Å². The van der Waals surface area contributed by atoms with Crippen LogP contribution in [0.2, 0.25) is 0 Å². The maximum absolute atomic E-state index is 12.2. The Hall–Kier alpha value is -1.87. The first-order valence-electron chi connectivity index (χ1n) is 9.01. The lowest BCUT2D eigenvalue weighted by Crippen LogP contribution is -2.36. The van der Waals surface area contributed by atoms with E-state index in [0.717, 1.165) is 29.9 Å². The van der Waals surface area contributed by atoms with Gasteiger partial charge in [-0.2, -0.15) is 0 Å². The Kier molecular flexibility index (Phi) is 6.21. The number of aromatic nitrogens is 3. The second-order valence-corrected chi connectivity index (χ2v) is 9.95. The second-order valence-electron chi connectivity index (χ2n) is 6.78. The number of carbonyl (C=O) groups excluding carboxylic acids is 1. The lowest BCUT2D eigenvalue weighted by Gasteiger charge is -2.11. The van der Waals surface area contributed by atoms with Crippen LogP contribution in [-0.2, 0) is 21.2 Å². The Morgan fingerprint density at radius 3 is 2.85 bits per heavy atom. The molecule has 1 aromatic heterocycles. The molecule has 146 valence electrons. The van der Waals surface area contributed by atoms with Crippen LogP contribution in [0.15, 0.2) is 29.4 Å². The van der Waals surface area contributed by atoms with Crippen LogP contribution in [0.4, 0.5) is 0 Å². The summed E-state index contributed by atoms with van der Waals surface area (Å²) in [5, 5.41) is 12.1. The molecule has 0 bridgehead atoms. The molecule has 0 aliphatic carbocycles. The van der Waals surface area contributed by atoms with Gasteiger partial charge in [0.05, 0.1) is 17.3 Å². The van der Waals surface area contributed by atoms with Crippen LogP contribution in [0.5, 0.6) is 0 Å². The van der Waals surface area contributed by atoms with E-state index in [4.69, 9.17) is 0 Å². The molecule has 1 aliphatic heterocycles. The van der Waals surface area contributed by atoms with Crippen molar-refractivity contribution < 1.29 is 13.2 Å². The molecule has 1 N–H and O–H groups in total. The van der Waals surface area contributed by atoms with Crippen LogP contribution >= 0.6 is 11.8 Å². The normalized spacial score (nSPS) is 18.5. The molecule has 2 aromatic rings. The summed E-state index contributed by atoms with van der Waals surface area (Å²) < 4.78 is 25.0. The van der Waals surface area contributed by atoms with Gasteiger partial charge in [-0.25, -0.2) is 8.42 Å². The molecule has 27 heavy (non-hydrogen) atoms. The zero-order chi connectivity index (χ0) is 19.4. The summed E-state index contributed by atoms with van der Waals surface area (Å²) >= 11 is 1.33. The molecule has 1 amide bonds. The zero-order valence-corrected chi connectivity index (χ0v) is 17.1. The Bertz CT molecular complexity index is 924. The number of hydrogen-bond donors (Lipinski definition) is 1. The van der Waals surface area contributed by atoms with Crippen LogP contribution in [-0.4, -0.2) is 52.4 Å². The van der Waals surface area contributed by atoms with Crippen molar-refractivity contribution in [3.8, 4) is 11.4 Å². The number of rotatable bonds is 7. The molecular formula is C18H24N4O3S2. The van der Waals surface area contributed by atoms with Gasteiger partial charge in [-0.05, 0) is 25.8 Å². The first-order chi connectivity index (χ1) is 12.9. The van der Waals surface area contributed by atoms with Gasteiger partial charge in [0.25, 0.3) is 0 Å². The van der Waals surface area contributed by atoms with Crippen molar-refractivity contribution in [2.45, 2.75) is 44.4 Å². The first kappa shape index (κ1) is 19.9. The monoisotopic (exact) mass is 408 g/mol. The van der Waals surface area contributed by atoms with Crippen molar-refractivity contribution in [3.05, 3.63) is 29.8 Å². The topological polar surface area (TPSA) is 94.0 Å². The fraction of sp³-hybridized carbons (Fsp3) is 0.500. The molecule has 1 aliphatic rings. The molecular weight excluding hydrogens is 384 g/mol. The van der Waals surface area contributed by atoms with Gasteiger partial charge in [0, 0.05) is 18.2 Å². The molecule has 0 saturated carbocycles. The fourth-order valence-corrected chi connectivity index (χ4v) is 5.58. The van der Waals surface area contributed by atoms with Crippen LogP contribution in [0, 0.1) is 6.92 Å². The number of nitrogens with zero attached hydrogens (tertiary/aromatic N) is 3. The van der Waals surface area contributed by atoms with E-state index >= 15 is 0 Å². The minimum atomic E-state index is -3.00. The highest BCUT2D eigenvalue weighted by atomic mass is 32.2. The molecule has 2 heterocycles. The highest BCUT2D eigenvalue weighted by molar-refractivity contribution is 7.99. The molecule has 1 atom stereocenters. The van der Waals surface area contributed by atoms with Crippen LogP contribution in [0.1, 0.15) is 25.3 Å². The first-order valence-corrected chi connectivity index (χ1v) is 11.8. The van der Waals surface area contributed by atoms with Gasteiger partial charge in [-0.15, -0.1) is 10.2 Å². The summed E-state index contributed by atoms with van der Waals surface area (Å²) in [6, 6.07) is 7.82. The largest absolute Gasteiger partial charge is 0.352 e. The summed E-state index contributed by atoms with van der Waals surface area (Å²) in [6.45, 7) is 4.88. The summed E-state index contributed by atoms with van der Waals surface area (Å²) in [5.41, 5.74) is 2.15. The Labute approximate surface area is 163 Å². The van der Waals surface area contributed by atoms with Crippen molar-refractivity contribution in [2.24, 2.45) is 0 Å². The van der Waals surface area contributed by atoms with E-state index in [1.807, 2.05) is 29.7 Å². The Morgan fingerprint density at radius 1 is 1.37 bits per heavy atom. The second kappa shape index (κ2) is 8.43. The van der Waals surface area contributed by atoms with E-state index in [-0.39, 0.29) is 29.2 Å². The maximum atomic E-state index is 12.2. The van der Waals surface area contributed by atoms with Gasteiger partial charge < -0.3 is 9.88 Å². The predicted octanol–water partition coefficient (Wildman–Crippen LogP) is 2.06. The SMILES string of the molecule is CCCn1c(SCC(=O)NC2CCS(=O)(=O)C2)nnc1-c1cccc(C)c1. The highest BCUT2D eigenvalue weighted by Crippen LogP contribution is 2.25. The summed E-state index contributed by atoms with van der Waals surface area (Å²) in [5.74, 6) is 0.991. The van der Waals surface area contributed by atoms with Gasteiger partial charge in [0.2, 0.25) is 5.91 Å². The molecule has 0 spiro atoms. The summed E-state index contributed by atoms with van der Waals surface area (Å²) in [6.07, 6.45) is 1.42. The molecule has 7 nitrogen and oxygen atoms in total. The number of sulfone groups is 1. The quantitative estimate of drug-likeness (QED) is 0.705. The van der Waals surface area contributed by atoms with Crippen molar-refractivity contribution in [2.75, 3.05) is 17.3 Å². The molecule has 1 fully saturated rings. The Balaban J connectivity index is 1.67. The van der Waals surface area contributed by atoms with Crippen molar-refractivity contribution in [3.63, 3.8) is 0 Å². The minimum absolute atomic E-state index is 0.0347. The zero-order valence-electron chi connectivity index (χ0n) is 15.5. The van der Waals surface area contributed by atoms with Crippen molar-refractivity contribution in [1.29, 1.82) is 0 Å². The van der Waals surface area contributed by atoms with Gasteiger partial charge in [0.1, 0.15) is 0 Å². The van der Waals surface area contributed by atoms with E-state index in [9.17, 15) is 13.2 Å². The molecule has 3 rings (SSSR count). The fourth-order valence-electron chi connectivity index (χ4n) is 3.13. The third kappa shape index (κ3) is 5.10. The summed E-state index contributed by atoms with van der Waals surface area (Å²) in [7, 11) is -3.00. The van der Waals surface area contributed by atoms with Gasteiger partial charge in [0.15, 0.2) is 20.8 Å². The predicted molar refractivity (Wildman–Crippen MR) is 106 cm³/mol. The Morgan fingerprint density at radius 2 is 2.19 bits per heavy atom. The van der Waals surface area contributed by atoms with E-state index in [2.05, 4.69) is 28.5 Å². The van der Waals surface area contributed by atoms with Crippen LogP contribution < -0.4 is 5.32 Å². The maximum Gasteiger partial charge on any atom is 0.230 e. The standard InChI is InChI=1S/C18H24N4O3S2/c1-3-8-22-17(14-6-4-5-13(2)10-14)20-21-18(22)26-11-16(23)19-15-7-9-27(24,25)12-15/h4-6,10,15H,3,7-9,11-12H2,1-2H3,(H,19,23). The van der Waals surface area contributed by atoms with Crippen LogP contribution in [0.3, 0.4) is 0 Å². The lowest BCUT2D eigenvalue weighted by atomic mass is 10.1. The van der Waals surface area contributed by atoms with Crippen molar-refractivity contribution >= 4 is 27.5 Å². The van der Waals surface area contributed by atoms with Gasteiger partial charge in [-0.3, -0.25) is 4.79 Å². The molecule has 9 heteroatoms. The molecule has 0 radical (unpaired) electrons. The number of carbonyl (C=O) groups is 1. The third-order valence-electron chi connectivity index (χ3n) is 4.37. The number of thioether (sulfide) groups is 1. The van der Waals surface area contributed by atoms with E-state index < -0.39 is 9.84 Å². The number of hydrogen-bond acceptors (Lipinski definition) is 6. The number of benzene rings is 1. The van der Waals surface area contributed by atoms with Crippen LogP contribution in [0.25, 0.3) is 11.4 Å². The molecule has 1 aromatic carbocycles. The lowest BCUT2D eigenvalue weighted by molar-refractivity contribution is -0.119. The number of amides is 1. The van der Waals surface area contributed by atoms with E-state index in [1.165, 1.54) is 11.8 Å². The summed E-state index contributed by atoms with van der Waals surface area (Å²) in [4.78, 5) is 12.2. The molecule has 1 saturated heterocycles. The van der Waals surface area contributed by atoms with E-state index in [0.29, 0.717) is 11.6 Å². The number of aryl methyl sites for hydroxylation is 1. The number of nitrogens with one attached hydrogen (secondary N) is 1. The average Bonchev–Trinajstić information content (AvgIpc) is 3.16. The minimum Gasteiger partial charge on any atom is -0.352 e. The third-order valence-corrected chi connectivity index (χ3v) is 7.10. The highest BCUT2D eigenvalue weighted by Gasteiger charge is 2.29.